The van der Waals surface area contributed by atoms with Crippen LogP contribution in [0, 0.1) is 5.92 Å². The Morgan fingerprint density at radius 1 is 0.844 bits per heavy atom. The van der Waals surface area contributed by atoms with Gasteiger partial charge in [0.25, 0.3) is 0 Å². The number of rotatable bonds is 6. The number of hydrogen-bond acceptors (Lipinski definition) is 4. The van der Waals surface area contributed by atoms with E-state index < -0.39 is 0 Å². The molecule has 0 radical (unpaired) electrons. The highest BCUT2D eigenvalue weighted by Gasteiger charge is 2.17. The molecule has 1 saturated carbocycles. The lowest BCUT2D eigenvalue weighted by Crippen LogP contribution is -2.08. The van der Waals surface area contributed by atoms with Crippen molar-refractivity contribution in [1.29, 1.82) is 0 Å². The zero-order chi connectivity index (χ0) is 22.9. The summed E-state index contributed by atoms with van der Waals surface area (Å²) in [6.45, 7) is 2.17. The van der Waals surface area contributed by atoms with Crippen LogP contribution in [0.1, 0.15) is 131 Å². The van der Waals surface area contributed by atoms with Crippen LogP contribution in [0.2, 0.25) is 0 Å². The molecule has 0 aliphatic heterocycles. The molecule has 1 heterocycles. The summed E-state index contributed by atoms with van der Waals surface area (Å²) in [6, 6.07) is 3.84. The molecule has 1 aromatic rings. The second kappa shape index (κ2) is 17.1. The Bertz CT molecular complexity index is 658. The largest absolute Gasteiger partial charge is 0.463 e. The molecule has 1 fully saturated rings. The van der Waals surface area contributed by atoms with E-state index in [2.05, 4.69) is 0 Å². The first-order valence-corrected chi connectivity index (χ1v) is 14.0. The third kappa shape index (κ3) is 12.0. The number of Topliss-reactive ketones (excluding diaryl/α,β-unsaturated/α-hetero) is 1. The van der Waals surface area contributed by atoms with Crippen LogP contribution in [-0.4, -0.2) is 18.4 Å². The summed E-state index contributed by atoms with van der Waals surface area (Å²) in [5.74, 6) is 0.441. The van der Waals surface area contributed by atoms with Gasteiger partial charge in [0, 0.05) is 17.4 Å². The molecule has 3 nitrogen and oxygen atoms in total. The van der Waals surface area contributed by atoms with Crippen molar-refractivity contribution in [3.8, 4) is 0 Å². The molecule has 2 rings (SSSR count). The summed E-state index contributed by atoms with van der Waals surface area (Å²) >= 11 is 1.48. The topological polar surface area (TPSA) is 43.4 Å². The van der Waals surface area contributed by atoms with Gasteiger partial charge in [0.1, 0.15) is 0 Å². The average molecular weight is 461 g/mol. The Labute approximate surface area is 200 Å². The Morgan fingerprint density at radius 3 is 1.84 bits per heavy atom. The molecule has 32 heavy (non-hydrogen) atoms. The lowest BCUT2D eigenvalue weighted by atomic mass is 9.89. The van der Waals surface area contributed by atoms with E-state index in [0.29, 0.717) is 18.9 Å². The standard InChI is InChI=1S/C28H44O3S/c1-2-31-28(30)22-20-25-19-21-27(32-25)26(29)23-24-17-15-13-11-9-7-5-3-4-6-8-10-12-14-16-18-24/h19-22,24H,2-18,23H2,1H3. The molecule has 1 aliphatic rings. The first kappa shape index (κ1) is 26.8. The first-order chi connectivity index (χ1) is 15.7. The molecule has 0 spiro atoms. The average Bonchev–Trinajstić information content (AvgIpc) is 3.26. The number of carbonyl (C=O) groups is 2. The lowest BCUT2D eigenvalue weighted by Gasteiger charge is -2.16. The molecular formula is C28H44O3S. The van der Waals surface area contributed by atoms with Gasteiger partial charge in [-0.3, -0.25) is 4.79 Å². The molecule has 0 bridgehead atoms. The van der Waals surface area contributed by atoms with E-state index in [4.69, 9.17) is 4.74 Å². The fraction of sp³-hybridized carbons (Fsp3) is 0.714. The highest BCUT2D eigenvalue weighted by molar-refractivity contribution is 7.14. The van der Waals surface area contributed by atoms with Crippen molar-refractivity contribution in [1.82, 2.24) is 0 Å². The fourth-order valence-corrected chi connectivity index (χ4v) is 5.49. The van der Waals surface area contributed by atoms with Crippen molar-refractivity contribution in [2.24, 2.45) is 5.92 Å². The van der Waals surface area contributed by atoms with E-state index in [1.165, 1.54) is 120 Å². The van der Waals surface area contributed by atoms with Crippen molar-refractivity contribution in [3.63, 3.8) is 0 Å². The molecule has 1 aromatic heterocycles. The molecule has 0 N–H and O–H groups in total. The molecule has 0 unspecified atom stereocenters. The van der Waals surface area contributed by atoms with Gasteiger partial charge < -0.3 is 4.74 Å². The van der Waals surface area contributed by atoms with Gasteiger partial charge in [-0.15, -0.1) is 11.3 Å². The Kier molecular flexibility index (Phi) is 14.3. The minimum absolute atomic E-state index is 0.265. The van der Waals surface area contributed by atoms with Gasteiger partial charge in [-0.2, -0.15) is 0 Å². The van der Waals surface area contributed by atoms with Crippen LogP contribution < -0.4 is 0 Å². The molecule has 0 aromatic carbocycles. The molecule has 0 atom stereocenters. The van der Waals surface area contributed by atoms with E-state index in [0.717, 1.165) is 9.75 Å². The summed E-state index contributed by atoms with van der Waals surface area (Å²) in [4.78, 5) is 26.2. The van der Waals surface area contributed by atoms with E-state index in [1.54, 1.807) is 13.0 Å². The second-order valence-corrected chi connectivity index (χ2v) is 10.4. The Hall–Kier alpha value is -1.42. The molecule has 0 saturated heterocycles. The predicted molar refractivity (Wildman–Crippen MR) is 136 cm³/mol. The smallest absolute Gasteiger partial charge is 0.330 e. The van der Waals surface area contributed by atoms with Crippen LogP contribution in [0.4, 0.5) is 0 Å². The Balaban J connectivity index is 1.84. The lowest BCUT2D eigenvalue weighted by molar-refractivity contribution is -0.137. The van der Waals surface area contributed by atoms with Crippen LogP contribution in [0.15, 0.2) is 18.2 Å². The highest BCUT2D eigenvalue weighted by Crippen LogP contribution is 2.27. The van der Waals surface area contributed by atoms with E-state index in [9.17, 15) is 9.59 Å². The molecule has 180 valence electrons. The van der Waals surface area contributed by atoms with Gasteiger partial charge in [-0.25, -0.2) is 4.79 Å². The normalized spacial score (nSPS) is 18.9. The SMILES string of the molecule is CCOC(=O)C=Cc1ccc(C(=O)CC2CCCCCCCCCCCCCCCC2)s1. The minimum Gasteiger partial charge on any atom is -0.463 e. The summed E-state index contributed by atoms with van der Waals surface area (Å²) in [5, 5.41) is 0. The number of ether oxygens (including phenoxy) is 1. The van der Waals surface area contributed by atoms with E-state index in [-0.39, 0.29) is 11.8 Å². The molecule has 4 heteroatoms. The zero-order valence-corrected chi connectivity index (χ0v) is 21.1. The zero-order valence-electron chi connectivity index (χ0n) is 20.2. The van der Waals surface area contributed by atoms with Gasteiger partial charge >= 0.3 is 5.97 Å². The molecular weight excluding hydrogens is 416 g/mol. The highest BCUT2D eigenvalue weighted by atomic mass is 32.1. The van der Waals surface area contributed by atoms with Gasteiger partial charge in [-0.05, 0) is 31.1 Å². The maximum atomic E-state index is 13.0. The van der Waals surface area contributed by atoms with Crippen LogP contribution >= 0.6 is 11.3 Å². The second-order valence-electron chi connectivity index (χ2n) is 9.31. The van der Waals surface area contributed by atoms with Gasteiger partial charge in [0.05, 0.1) is 11.5 Å². The maximum Gasteiger partial charge on any atom is 0.330 e. The van der Waals surface area contributed by atoms with Crippen LogP contribution in [0.25, 0.3) is 6.08 Å². The fourth-order valence-electron chi connectivity index (χ4n) is 4.63. The third-order valence-electron chi connectivity index (χ3n) is 6.52. The van der Waals surface area contributed by atoms with Crippen molar-refractivity contribution >= 4 is 29.2 Å². The van der Waals surface area contributed by atoms with Crippen molar-refractivity contribution in [3.05, 3.63) is 28.0 Å². The van der Waals surface area contributed by atoms with Gasteiger partial charge in [0.15, 0.2) is 5.78 Å². The van der Waals surface area contributed by atoms with Crippen molar-refractivity contribution in [2.45, 2.75) is 116 Å². The summed E-state index contributed by atoms with van der Waals surface area (Å²) in [7, 11) is 0. The Morgan fingerprint density at radius 2 is 1.34 bits per heavy atom. The molecule has 0 amide bonds. The van der Waals surface area contributed by atoms with Crippen molar-refractivity contribution < 1.29 is 14.3 Å². The first-order valence-electron chi connectivity index (χ1n) is 13.2. The van der Waals surface area contributed by atoms with Crippen molar-refractivity contribution in [2.75, 3.05) is 6.61 Å². The van der Waals surface area contributed by atoms with Crippen LogP contribution in [0.3, 0.4) is 0 Å². The van der Waals surface area contributed by atoms with Gasteiger partial charge in [-0.1, -0.05) is 103 Å². The third-order valence-corrected chi connectivity index (χ3v) is 7.61. The minimum atomic E-state index is -0.338. The maximum absolute atomic E-state index is 13.0. The monoisotopic (exact) mass is 460 g/mol. The molecule has 1 aliphatic carbocycles. The van der Waals surface area contributed by atoms with E-state index >= 15 is 0 Å². The summed E-state index contributed by atoms with van der Waals surface area (Å²) in [5.41, 5.74) is 0. The summed E-state index contributed by atoms with van der Waals surface area (Å²) < 4.78 is 4.92. The van der Waals surface area contributed by atoms with Gasteiger partial charge in [0.2, 0.25) is 0 Å². The summed E-state index contributed by atoms with van der Waals surface area (Å²) in [6.07, 6.45) is 25.3. The van der Waals surface area contributed by atoms with Crippen LogP contribution in [0.5, 0.6) is 0 Å². The number of hydrogen-bond donors (Lipinski definition) is 0. The number of ketones is 1. The number of esters is 1. The number of carbonyl (C=O) groups excluding carboxylic acids is 2. The quantitative estimate of drug-likeness (QED) is 0.242. The predicted octanol–water partition coefficient (Wildman–Crippen LogP) is 8.77. The number of thiophene rings is 1. The van der Waals surface area contributed by atoms with Crippen LogP contribution in [-0.2, 0) is 9.53 Å². The van der Waals surface area contributed by atoms with E-state index in [1.807, 2.05) is 12.1 Å².